The molecule has 1 aliphatic carbocycles. The number of rotatable bonds is 5. The summed E-state index contributed by atoms with van der Waals surface area (Å²) in [6.07, 6.45) is 7.98. The summed E-state index contributed by atoms with van der Waals surface area (Å²) in [6.45, 7) is 0. The van der Waals surface area contributed by atoms with E-state index in [2.05, 4.69) is 21.0 Å². The van der Waals surface area contributed by atoms with Gasteiger partial charge in [0.2, 0.25) is 11.8 Å². The van der Waals surface area contributed by atoms with Gasteiger partial charge in [-0.25, -0.2) is 5.01 Å². The van der Waals surface area contributed by atoms with Crippen LogP contribution >= 0.6 is 0 Å². The number of amides is 4. The van der Waals surface area contributed by atoms with Crippen molar-refractivity contribution in [1.29, 1.82) is 0 Å². The fourth-order valence-corrected chi connectivity index (χ4v) is 4.35. The zero-order valence-corrected chi connectivity index (χ0v) is 19.2. The number of aromatic nitrogens is 1. The van der Waals surface area contributed by atoms with E-state index in [-0.39, 0.29) is 23.6 Å². The van der Waals surface area contributed by atoms with Gasteiger partial charge in [0.25, 0.3) is 11.8 Å². The predicted molar refractivity (Wildman–Crippen MR) is 134 cm³/mol. The maximum Gasteiger partial charge on any atom is 0.255 e. The monoisotopic (exact) mass is 481 g/mol. The zero-order valence-electron chi connectivity index (χ0n) is 19.2. The van der Waals surface area contributed by atoms with Crippen molar-refractivity contribution in [1.82, 2.24) is 10.4 Å². The summed E-state index contributed by atoms with van der Waals surface area (Å²) in [7, 11) is 0. The molecular formula is C27H23N5O4. The van der Waals surface area contributed by atoms with Crippen LogP contribution in [0.15, 0.2) is 85.2 Å². The van der Waals surface area contributed by atoms with E-state index in [1.54, 1.807) is 60.7 Å². The number of fused-ring (bicyclic) bond motifs is 1. The van der Waals surface area contributed by atoms with Gasteiger partial charge in [-0.3, -0.25) is 29.6 Å². The quantitative estimate of drug-likeness (QED) is 0.482. The Kier molecular flexibility index (Phi) is 6.27. The molecule has 180 valence electrons. The highest BCUT2D eigenvalue weighted by Gasteiger charge is 2.42. The van der Waals surface area contributed by atoms with E-state index >= 15 is 0 Å². The van der Waals surface area contributed by atoms with Gasteiger partial charge in [0.05, 0.1) is 17.5 Å². The number of benzene rings is 2. The molecule has 1 fully saturated rings. The highest BCUT2D eigenvalue weighted by molar-refractivity contribution is 6.08. The van der Waals surface area contributed by atoms with Crippen molar-refractivity contribution in [3.8, 4) is 0 Å². The molecule has 4 amide bonds. The molecule has 0 saturated carbocycles. The van der Waals surface area contributed by atoms with Crippen molar-refractivity contribution in [3.63, 3.8) is 0 Å². The van der Waals surface area contributed by atoms with Gasteiger partial charge in [-0.05, 0) is 61.4 Å². The molecule has 5 rings (SSSR count). The Labute approximate surface area is 207 Å². The van der Waals surface area contributed by atoms with Gasteiger partial charge in [-0.15, -0.1) is 0 Å². The second-order valence-electron chi connectivity index (χ2n) is 8.58. The van der Waals surface area contributed by atoms with Crippen LogP contribution in [0.25, 0.3) is 0 Å². The Balaban J connectivity index is 1.29. The van der Waals surface area contributed by atoms with Crippen molar-refractivity contribution >= 4 is 40.7 Å². The lowest BCUT2D eigenvalue weighted by Gasteiger charge is -2.38. The van der Waals surface area contributed by atoms with Gasteiger partial charge in [0, 0.05) is 34.9 Å². The van der Waals surface area contributed by atoms with Crippen molar-refractivity contribution in [3.05, 3.63) is 96.3 Å². The molecule has 0 spiro atoms. The molecule has 2 atom stereocenters. The first-order valence-corrected chi connectivity index (χ1v) is 11.5. The lowest BCUT2D eigenvalue weighted by Crippen LogP contribution is -2.59. The van der Waals surface area contributed by atoms with Crippen LogP contribution in [0.4, 0.5) is 17.1 Å². The SMILES string of the molecule is O=C(Nc1cccc(NC(=O)c2cccc(N3NC(=O)[C@@H]4CC=CC[C@@H]4C3=O)c2)c1)c1ccncc1. The first-order chi connectivity index (χ1) is 17.5. The van der Waals surface area contributed by atoms with E-state index in [1.807, 2.05) is 12.2 Å². The predicted octanol–water partition coefficient (Wildman–Crippen LogP) is 3.55. The lowest BCUT2D eigenvalue weighted by molar-refractivity contribution is -0.139. The van der Waals surface area contributed by atoms with E-state index in [4.69, 9.17) is 0 Å². The van der Waals surface area contributed by atoms with Gasteiger partial charge in [0.1, 0.15) is 0 Å². The van der Waals surface area contributed by atoms with Crippen molar-refractivity contribution < 1.29 is 19.2 Å². The number of hydrogen-bond acceptors (Lipinski definition) is 5. The summed E-state index contributed by atoms with van der Waals surface area (Å²) < 4.78 is 0. The topological polar surface area (TPSA) is 120 Å². The molecule has 0 unspecified atom stereocenters. The molecule has 0 radical (unpaired) electrons. The molecular weight excluding hydrogens is 458 g/mol. The Morgan fingerprint density at radius 3 is 2.17 bits per heavy atom. The van der Waals surface area contributed by atoms with Crippen molar-refractivity contribution in [2.45, 2.75) is 12.8 Å². The lowest BCUT2D eigenvalue weighted by atomic mass is 9.80. The fourth-order valence-electron chi connectivity index (χ4n) is 4.35. The molecule has 2 aliphatic rings. The number of hydrazine groups is 1. The second-order valence-corrected chi connectivity index (χ2v) is 8.58. The van der Waals surface area contributed by atoms with E-state index in [1.165, 1.54) is 17.4 Å². The van der Waals surface area contributed by atoms with Crippen LogP contribution in [-0.4, -0.2) is 28.6 Å². The van der Waals surface area contributed by atoms with Crippen LogP contribution in [-0.2, 0) is 9.59 Å². The molecule has 1 aliphatic heterocycles. The van der Waals surface area contributed by atoms with Crippen molar-refractivity contribution in [2.75, 3.05) is 15.6 Å². The molecule has 9 nitrogen and oxygen atoms in total. The molecule has 0 bridgehead atoms. The van der Waals surface area contributed by atoms with Crippen LogP contribution < -0.4 is 21.1 Å². The maximum absolute atomic E-state index is 13.0. The normalized spacial score (nSPS) is 18.7. The third kappa shape index (κ3) is 4.72. The number of hydrogen-bond donors (Lipinski definition) is 3. The molecule has 36 heavy (non-hydrogen) atoms. The standard InChI is InChI=1S/C27H23N5O4/c33-24(17-11-13-28-14-12-17)29-19-6-4-7-20(16-19)30-25(34)18-5-3-8-21(15-18)32-27(36)23-10-2-1-9-22(23)26(35)31-32/h1-8,11-16,22-23H,9-10H2,(H,29,33)(H,30,34)(H,31,35)/t22-,23+/m1/s1. The van der Waals surface area contributed by atoms with Gasteiger partial charge in [-0.1, -0.05) is 24.3 Å². The molecule has 2 heterocycles. The number of nitrogens with one attached hydrogen (secondary N) is 3. The van der Waals surface area contributed by atoms with E-state index in [0.717, 1.165) is 0 Å². The first kappa shape index (κ1) is 23.0. The molecule has 9 heteroatoms. The minimum absolute atomic E-state index is 0.195. The van der Waals surface area contributed by atoms with E-state index < -0.39 is 11.8 Å². The van der Waals surface area contributed by atoms with Gasteiger partial charge < -0.3 is 10.6 Å². The molecule has 1 saturated heterocycles. The maximum atomic E-state index is 13.0. The van der Waals surface area contributed by atoms with Gasteiger partial charge >= 0.3 is 0 Å². The molecule has 3 N–H and O–H groups in total. The number of pyridine rings is 1. The largest absolute Gasteiger partial charge is 0.322 e. The minimum Gasteiger partial charge on any atom is -0.322 e. The average Bonchev–Trinajstić information content (AvgIpc) is 2.91. The minimum atomic E-state index is -0.411. The molecule has 2 aromatic carbocycles. The highest BCUT2D eigenvalue weighted by atomic mass is 16.2. The van der Waals surface area contributed by atoms with Crippen LogP contribution in [0.2, 0.25) is 0 Å². The Hall–Kier alpha value is -4.79. The van der Waals surface area contributed by atoms with Crippen LogP contribution in [0.3, 0.4) is 0 Å². The number of nitrogens with zero attached hydrogens (tertiary/aromatic N) is 2. The summed E-state index contributed by atoms with van der Waals surface area (Å²) >= 11 is 0. The average molecular weight is 482 g/mol. The summed E-state index contributed by atoms with van der Waals surface area (Å²) in [5.74, 6) is -1.87. The van der Waals surface area contributed by atoms with Crippen LogP contribution in [0.1, 0.15) is 33.6 Å². The first-order valence-electron chi connectivity index (χ1n) is 11.5. The number of anilines is 3. The van der Waals surface area contributed by atoms with Crippen molar-refractivity contribution in [2.24, 2.45) is 11.8 Å². The summed E-state index contributed by atoms with van der Waals surface area (Å²) in [6, 6.07) is 16.5. The van der Waals surface area contributed by atoms with Crippen LogP contribution in [0.5, 0.6) is 0 Å². The summed E-state index contributed by atoms with van der Waals surface area (Å²) in [4.78, 5) is 54.9. The highest BCUT2D eigenvalue weighted by Crippen LogP contribution is 2.32. The number of carbonyl (C=O) groups excluding carboxylic acids is 4. The molecule has 3 aromatic rings. The Bertz CT molecular complexity index is 1370. The summed E-state index contributed by atoms with van der Waals surface area (Å²) in [5, 5.41) is 6.83. The van der Waals surface area contributed by atoms with E-state index in [0.29, 0.717) is 41.0 Å². The summed E-state index contributed by atoms with van der Waals surface area (Å²) in [5.41, 5.74) is 4.86. The Morgan fingerprint density at radius 2 is 1.44 bits per heavy atom. The second kappa shape index (κ2) is 9.83. The number of carbonyl (C=O) groups is 4. The fraction of sp³-hybridized carbons (Fsp3) is 0.148. The number of allylic oxidation sites excluding steroid dienone is 2. The molecule has 1 aromatic heterocycles. The van der Waals surface area contributed by atoms with Crippen LogP contribution in [0, 0.1) is 11.8 Å². The van der Waals surface area contributed by atoms with Gasteiger partial charge in [0.15, 0.2) is 0 Å². The van der Waals surface area contributed by atoms with Gasteiger partial charge in [-0.2, -0.15) is 0 Å². The van der Waals surface area contributed by atoms with E-state index in [9.17, 15) is 19.2 Å². The smallest absolute Gasteiger partial charge is 0.255 e. The Morgan fingerprint density at radius 1 is 0.806 bits per heavy atom. The third-order valence-corrected chi connectivity index (χ3v) is 6.22. The third-order valence-electron chi connectivity index (χ3n) is 6.22. The zero-order chi connectivity index (χ0) is 25.1.